The maximum absolute atomic E-state index is 14.8. The maximum Gasteiger partial charge on any atom is 0.229 e. The van der Waals surface area contributed by atoms with Crippen molar-refractivity contribution in [2.75, 3.05) is 29.6 Å². The minimum Gasteiger partial charge on any atom is -0.391 e. The van der Waals surface area contributed by atoms with Gasteiger partial charge in [-0.25, -0.2) is 17.8 Å². The molecule has 1 aromatic carbocycles. The van der Waals surface area contributed by atoms with E-state index in [0.717, 1.165) is 18.0 Å². The van der Waals surface area contributed by atoms with E-state index in [4.69, 9.17) is 5.73 Å². The predicted molar refractivity (Wildman–Crippen MR) is 134 cm³/mol. The number of anilines is 3. The summed E-state index contributed by atoms with van der Waals surface area (Å²) < 4.78 is 39.9. The van der Waals surface area contributed by atoms with E-state index in [1.807, 2.05) is 13.0 Å². The van der Waals surface area contributed by atoms with Gasteiger partial charge in [0.25, 0.3) is 0 Å². The molecule has 4 N–H and O–H groups in total. The molecule has 0 saturated carbocycles. The Balaban J connectivity index is 1.49. The third kappa shape index (κ3) is 4.50. The third-order valence-electron chi connectivity index (χ3n) is 6.38. The van der Waals surface area contributed by atoms with Crippen LogP contribution in [0.2, 0.25) is 0 Å². The summed E-state index contributed by atoms with van der Waals surface area (Å²) in [5, 5.41) is 18.1. The number of halogens is 1. The molecule has 188 valence electrons. The van der Waals surface area contributed by atoms with E-state index in [1.54, 1.807) is 35.2 Å². The van der Waals surface area contributed by atoms with E-state index in [0.29, 0.717) is 35.9 Å². The molecule has 1 saturated heterocycles. The van der Waals surface area contributed by atoms with Gasteiger partial charge in [0.05, 0.1) is 46.0 Å². The van der Waals surface area contributed by atoms with Gasteiger partial charge in [-0.3, -0.25) is 4.98 Å². The molecule has 4 aromatic rings. The second kappa shape index (κ2) is 9.12. The molecule has 0 bridgehead atoms. The zero-order chi connectivity index (χ0) is 25.6. The van der Waals surface area contributed by atoms with Crippen LogP contribution in [0.4, 0.5) is 21.7 Å². The van der Waals surface area contributed by atoms with Crippen molar-refractivity contribution in [3.63, 3.8) is 0 Å². The number of hydrogen-bond donors (Lipinski definition) is 3. The number of imidazole rings is 1. The highest BCUT2D eigenvalue weighted by Gasteiger charge is 2.32. The lowest BCUT2D eigenvalue weighted by molar-refractivity contribution is 0.0785. The minimum absolute atomic E-state index is 0.00442. The van der Waals surface area contributed by atoms with Crippen LogP contribution in [0, 0.1) is 11.7 Å². The van der Waals surface area contributed by atoms with Crippen molar-refractivity contribution in [3.8, 4) is 11.3 Å². The monoisotopic (exact) mass is 511 g/mol. The van der Waals surface area contributed by atoms with Gasteiger partial charge in [0.15, 0.2) is 9.84 Å². The average Bonchev–Trinajstić information content (AvgIpc) is 3.24. The van der Waals surface area contributed by atoms with Gasteiger partial charge in [-0.2, -0.15) is 9.61 Å². The Labute approximate surface area is 207 Å². The number of pyridine rings is 1. The highest BCUT2D eigenvalue weighted by Crippen LogP contribution is 2.31. The molecule has 36 heavy (non-hydrogen) atoms. The fraction of sp³-hybridized carbons (Fsp3) is 0.292. The summed E-state index contributed by atoms with van der Waals surface area (Å²) in [6.45, 7) is 3.07. The molecule has 5 rings (SSSR count). The smallest absolute Gasteiger partial charge is 0.229 e. The zero-order valence-electron chi connectivity index (χ0n) is 19.7. The fourth-order valence-electron chi connectivity index (χ4n) is 4.44. The molecule has 3 atom stereocenters. The Morgan fingerprint density at radius 1 is 1.17 bits per heavy atom. The quantitative estimate of drug-likeness (QED) is 0.368. The largest absolute Gasteiger partial charge is 0.391 e. The van der Waals surface area contributed by atoms with Gasteiger partial charge in [-0.15, -0.1) is 0 Å². The second-order valence-corrected chi connectivity index (χ2v) is 11.1. The number of piperidine rings is 1. The summed E-state index contributed by atoms with van der Waals surface area (Å²) in [5.41, 5.74) is 8.85. The first kappa shape index (κ1) is 24.1. The second-order valence-electron chi connectivity index (χ2n) is 9.11. The van der Waals surface area contributed by atoms with Crippen LogP contribution < -0.4 is 16.0 Å². The lowest BCUT2D eigenvalue weighted by Crippen LogP contribution is -2.55. The van der Waals surface area contributed by atoms with E-state index >= 15 is 0 Å². The first-order valence-corrected chi connectivity index (χ1v) is 13.3. The summed E-state index contributed by atoms with van der Waals surface area (Å²) in [5.74, 6) is -0.300. The number of nitrogens with zero attached hydrogens (tertiary/aromatic N) is 5. The summed E-state index contributed by atoms with van der Waals surface area (Å²) >= 11 is 0. The lowest BCUT2D eigenvalue weighted by Gasteiger charge is -2.40. The molecule has 1 aliphatic rings. The Morgan fingerprint density at radius 2 is 1.97 bits per heavy atom. The number of aromatic nitrogens is 4. The van der Waals surface area contributed by atoms with Gasteiger partial charge in [-0.1, -0.05) is 6.92 Å². The molecule has 12 heteroatoms. The van der Waals surface area contributed by atoms with E-state index in [2.05, 4.69) is 25.3 Å². The standard InChI is InChI=1S/C24H26FN7O3S/c1-14-12-31(13-19(26)23(14)33)22-7-8-27-11-21(22)29-24-28-10-15-3-6-20(30-32(15)24)17-5-4-16(9-18(17)25)36(2,34)35/h3-11,14,19,23,33H,12-13,26H2,1-2H3,(H,28,29). The zero-order valence-corrected chi connectivity index (χ0v) is 20.5. The number of aliphatic hydroxyl groups is 1. The number of benzene rings is 1. The molecule has 4 heterocycles. The number of nitrogens with two attached hydrogens (primary N) is 1. The number of fused-ring (bicyclic) bond motifs is 1. The molecule has 3 unspecified atom stereocenters. The minimum atomic E-state index is -3.53. The van der Waals surface area contributed by atoms with Gasteiger partial charge in [0.1, 0.15) is 5.82 Å². The van der Waals surface area contributed by atoms with E-state index in [1.165, 1.54) is 12.1 Å². The lowest BCUT2D eigenvalue weighted by atomic mass is 9.92. The van der Waals surface area contributed by atoms with Crippen molar-refractivity contribution >= 4 is 32.7 Å². The highest BCUT2D eigenvalue weighted by atomic mass is 32.2. The van der Waals surface area contributed by atoms with Crippen LogP contribution in [0.3, 0.4) is 0 Å². The van der Waals surface area contributed by atoms with Crippen LogP contribution in [0.5, 0.6) is 0 Å². The molecular weight excluding hydrogens is 485 g/mol. The van der Waals surface area contributed by atoms with E-state index < -0.39 is 21.8 Å². The van der Waals surface area contributed by atoms with Crippen molar-refractivity contribution in [1.29, 1.82) is 0 Å². The molecule has 0 aliphatic carbocycles. The van der Waals surface area contributed by atoms with Gasteiger partial charge < -0.3 is 21.1 Å². The van der Waals surface area contributed by atoms with Gasteiger partial charge >= 0.3 is 0 Å². The number of aliphatic hydroxyl groups excluding tert-OH is 1. The molecule has 1 aliphatic heterocycles. The van der Waals surface area contributed by atoms with E-state index in [9.17, 15) is 17.9 Å². The van der Waals surface area contributed by atoms with Crippen LogP contribution in [0.15, 0.2) is 59.9 Å². The third-order valence-corrected chi connectivity index (χ3v) is 7.49. The number of rotatable bonds is 5. The maximum atomic E-state index is 14.8. The number of nitrogens with one attached hydrogen (secondary N) is 1. The first-order chi connectivity index (χ1) is 17.1. The molecule has 3 aromatic heterocycles. The topological polar surface area (TPSA) is 139 Å². The molecular formula is C24H26FN7O3S. The van der Waals surface area contributed by atoms with Gasteiger partial charge in [0.2, 0.25) is 5.95 Å². The summed E-state index contributed by atoms with van der Waals surface area (Å²) in [4.78, 5) is 10.7. The molecule has 0 spiro atoms. The SMILES string of the molecule is CC1CN(c2ccncc2Nc2ncc3ccc(-c4ccc(S(C)(=O)=O)cc4F)nn23)CC(N)C1O. The summed E-state index contributed by atoms with van der Waals surface area (Å²) in [6.07, 6.45) is 5.45. The van der Waals surface area contributed by atoms with Crippen LogP contribution in [-0.4, -0.2) is 64.6 Å². The molecule has 1 fully saturated rings. The fourth-order valence-corrected chi connectivity index (χ4v) is 5.07. The molecule has 0 radical (unpaired) electrons. The Bertz CT molecular complexity index is 1530. The van der Waals surface area contributed by atoms with Crippen LogP contribution >= 0.6 is 0 Å². The van der Waals surface area contributed by atoms with Crippen LogP contribution in [-0.2, 0) is 9.84 Å². The van der Waals surface area contributed by atoms with Gasteiger partial charge in [-0.05, 0) is 36.4 Å². The number of sulfone groups is 1. The van der Waals surface area contributed by atoms with Crippen molar-refractivity contribution in [1.82, 2.24) is 19.6 Å². The summed E-state index contributed by atoms with van der Waals surface area (Å²) in [6, 6.07) is 8.64. The van der Waals surface area contributed by atoms with Crippen LogP contribution in [0.25, 0.3) is 16.8 Å². The van der Waals surface area contributed by atoms with Crippen molar-refractivity contribution < 1.29 is 17.9 Å². The Morgan fingerprint density at radius 3 is 2.69 bits per heavy atom. The molecule has 0 amide bonds. The average molecular weight is 512 g/mol. The Hall–Kier alpha value is -3.61. The number of hydrogen-bond acceptors (Lipinski definition) is 9. The van der Waals surface area contributed by atoms with Crippen molar-refractivity contribution in [2.24, 2.45) is 11.7 Å². The first-order valence-electron chi connectivity index (χ1n) is 11.4. The van der Waals surface area contributed by atoms with Crippen LogP contribution in [0.1, 0.15) is 6.92 Å². The molecule has 10 nitrogen and oxygen atoms in total. The predicted octanol–water partition coefficient (Wildman–Crippen LogP) is 2.22. The van der Waals surface area contributed by atoms with E-state index in [-0.39, 0.29) is 22.4 Å². The normalized spacial score (nSPS) is 20.6. The summed E-state index contributed by atoms with van der Waals surface area (Å²) in [7, 11) is -3.53. The van der Waals surface area contributed by atoms with Crippen molar-refractivity contribution in [2.45, 2.75) is 24.0 Å². The Kier molecular flexibility index (Phi) is 6.10. The van der Waals surface area contributed by atoms with Crippen molar-refractivity contribution in [3.05, 3.63) is 60.8 Å². The van der Waals surface area contributed by atoms with Gasteiger partial charge in [0, 0.05) is 43.1 Å². The highest BCUT2D eigenvalue weighted by molar-refractivity contribution is 7.90.